The van der Waals surface area contributed by atoms with Gasteiger partial charge in [-0.25, -0.2) is 22.9 Å². The Morgan fingerprint density at radius 2 is 2.26 bits per heavy atom. The number of carbonyl (C=O) groups is 1. The van der Waals surface area contributed by atoms with Crippen LogP contribution < -0.4 is 15.8 Å². The monoisotopic (exact) mass is 352 g/mol. The summed E-state index contributed by atoms with van der Waals surface area (Å²) in [6, 6.07) is 1.41. The Kier molecular flexibility index (Phi) is 5.51. The van der Waals surface area contributed by atoms with E-state index in [1.807, 2.05) is 0 Å². The molecule has 10 heteroatoms. The fourth-order valence-electron chi connectivity index (χ4n) is 1.22. The Morgan fingerprint density at radius 1 is 1.58 bits per heavy atom. The lowest BCUT2D eigenvalue weighted by molar-refractivity contribution is 0.159. The zero-order valence-electron chi connectivity index (χ0n) is 10.0. The molecular formula is C9H13BrN4O4S. The van der Waals surface area contributed by atoms with Crippen molar-refractivity contribution in [1.82, 2.24) is 9.71 Å². The van der Waals surface area contributed by atoms with E-state index in [-0.39, 0.29) is 23.9 Å². The third kappa shape index (κ3) is 4.65. The van der Waals surface area contributed by atoms with Gasteiger partial charge in [-0.3, -0.25) is 0 Å². The Bertz CT molecular complexity index is 563. The number of carbonyl (C=O) groups excluding carboxylic acids is 1. The SMILES string of the molecule is CNc1ncc(Br)cc1S(=O)(=O)NCCOC(N)=O. The second kappa shape index (κ2) is 6.68. The minimum absolute atomic E-state index is 0.0107. The van der Waals surface area contributed by atoms with Crippen molar-refractivity contribution in [2.75, 3.05) is 25.5 Å². The van der Waals surface area contributed by atoms with Gasteiger partial charge in [0.05, 0.1) is 0 Å². The van der Waals surface area contributed by atoms with Crippen LogP contribution in [-0.4, -0.2) is 39.7 Å². The highest BCUT2D eigenvalue weighted by molar-refractivity contribution is 9.10. The van der Waals surface area contributed by atoms with Crippen LogP contribution in [0.15, 0.2) is 21.6 Å². The first-order chi connectivity index (χ1) is 8.86. The van der Waals surface area contributed by atoms with Gasteiger partial charge in [-0.2, -0.15) is 0 Å². The number of pyridine rings is 1. The summed E-state index contributed by atoms with van der Waals surface area (Å²) >= 11 is 3.15. The van der Waals surface area contributed by atoms with Gasteiger partial charge in [0.1, 0.15) is 17.3 Å². The maximum Gasteiger partial charge on any atom is 0.404 e. The molecule has 8 nitrogen and oxygen atoms in total. The Labute approximate surface area is 118 Å². The molecule has 106 valence electrons. The van der Waals surface area contributed by atoms with Crippen LogP contribution in [0.5, 0.6) is 0 Å². The lowest BCUT2D eigenvalue weighted by Crippen LogP contribution is -2.29. The summed E-state index contributed by atoms with van der Waals surface area (Å²) in [6.07, 6.45) is 0.514. The molecule has 0 atom stereocenters. The highest BCUT2D eigenvalue weighted by atomic mass is 79.9. The first kappa shape index (κ1) is 15.7. The van der Waals surface area contributed by atoms with Gasteiger partial charge < -0.3 is 15.8 Å². The second-order valence-corrected chi connectivity index (χ2v) is 5.97. The van der Waals surface area contributed by atoms with E-state index in [0.717, 1.165) is 0 Å². The normalized spacial score (nSPS) is 11.1. The predicted octanol–water partition coefficient (Wildman–Crippen LogP) is 0.259. The van der Waals surface area contributed by atoms with E-state index in [2.05, 4.69) is 35.7 Å². The standard InChI is InChI=1S/C9H13BrN4O4S/c1-12-8-7(4-6(10)5-13-8)19(16,17)14-2-3-18-9(11)15/h4-5,14H,2-3H2,1H3,(H2,11,15)(H,12,13). The highest BCUT2D eigenvalue weighted by Gasteiger charge is 2.19. The van der Waals surface area contributed by atoms with E-state index in [1.54, 1.807) is 7.05 Å². The van der Waals surface area contributed by atoms with Crippen molar-refractivity contribution in [3.05, 3.63) is 16.7 Å². The van der Waals surface area contributed by atoms with Crippen LogP contribution in [0.2, 0.25) is 0 Å². The van der Waals surface area contributed by atoms with E-state index >= 15 is 0 Å². The topological polar surface area (TPSA) is 123 Å². The average Bonchev–Trinajstić information content (AvgIpc) is 2.34. The third-order valence-corrected chi connectivity index (χ3v) is 3.89. The zero-order valence-corrected chi connectivity index (χ0v) is 12.4. The minimum Gasteiger partial charge on any atom is -0.448 e. The van der Waals surface area contributed by atoms with Gasteiger partial charge in [0.25, 0.3) is 0 Å². The number of halogens is 1. The lowest BCUT2D eigenvalue weighted by atomic mass is 10.4. The maximum absolute atomic E-state index is 12.0. The van der Waals surface area contributed by atoms with Crippen LogP contribution >= 0.6 is 15.9 Å². The van der Waals surface area contributed by atoms with Gasteiger partial charge in [0.15, 0.2) is 0 Å². The van der Waals surface area contributed by atoms with Gasteiger partial charge in [0, 0.05) is 24.3 Å². The molecule has 1 aromatic rings. The number of hydrogen-bond acceptors (Lipinski definition) is 6. The van der Waals surface area contributed by atoms with E-state index in [1.165, 1.54) is 12.3 Å². The number of ether oxygens (including phenoxy) is 1. The van der Waals surface area contributed by atoms with Crippen LogP contribution in [0.1, 0.15) is 0 Å². The van der Waals surface area contributed by atoms with Gasteiger partial charge in [-0.1, -0.05) is 0 Å². The summed E-state index contributed by atoms with van der Waals surface area (Å²) < 4.78 is 31.3. The zero-order chi connectivity index (χ0) is 14.5. The fourth-order valence-corrected chi connectivity index (χ4v) is 2.90. The predicted molar refractivity (Wildman–Crippen MR) is 72.2 cm³/mol. The number of hydrogen-bond donors (Lipinski definition) is 3. The van der Waals surface area contributed by atoms with Crippen LogP contribution in [0.3, 0.4) is 0 Å². The molecule has 0 aliphatic heterocycles. The van der Waals surface area contributed by atoms with Crippen molar-refractivity contribution >= 4 is 37.9 Å². The quantitative estimate of drug-likeness (QED) is 0.631. The van der Waals surface area contributed by atoms with Gasteiger partial charge >= 0.3 is 6.09 Å². The maximum atomic E-state index is 12.0. The number of sulfonamides is 1. The van der Waals surface area contributed by atoms with Crippen molar-refractivity contribution in [1.29, 1.82) is 0 Å². The largest absolute Gasteiger partial charge is 0.448 e. The number of rotatable bonds is 6. The number of anilines is 1. The van der Waals surface area contributed by atoms with Crippen molar-refractivity contribution in [2.24, 2.45) is 5.73 Å². The fraction of sp³-hybridized carbons (Fsp3) is 0.333. The Balaban J connectivity index is 2.82. The molecular weight excluding hydrogens is 340 g/mol. The van der Waals surface area contributed by atoms with E-state index in [4.69, 9.17) is 5.73 Å². The van der Waals surface area contributed by atoms with Gasteiger partial charge in [-0.15, -0.1) is 0 Å². The highest BCUT2D eigenvalue weighted by Crippen LogP contribution is 2.22. The molecule has 0 saturated carbocycles. The summed E-state index contributed by atoms with van der Waals surface area (Å²) in [5, 5.41) is 2.68. The Morgan fingerprint density at radius 3 is 2.84 bits per heavy atom. The number of primary amides is 1. The molecule has 1 heterocycles. The molecule has 0 spiro atoms. The molecule has 0 aromatic carbocycles. The first-order valence-corrected chi connectivity index (χ1v) is 7.39. The molecule has 0 aliphatic carbocycles. The molecule has 0 saturated heterocycles. The molecule has 0 unspecified atom stereocenters. The third-order valence-electron chi connectivity index (χ3n) is 1.98. The molecule has 1 rings (SSSR count). The van der Waals surface area contributed by atoms with Gasteiger partial charge in [0.2, 0.25) is 10.0 Å². The van der Waals surface area contributed by atoms with Crippen molar-refractivity contribution in [3.8, 4) is 0 Å². The number of nitrogens with two attached hydrogens (primary N) is 1. The Hall–Kier alpha value is -1.39. The second-order valence-electron chi connectivity index (χ2n) is 3.32. The molecule has 19 heavy (non-hydrogen) atoms. The molecule has 0 radical (unpaired) electrons. The van der Waals surface area contributed by atoms with E-state index in [0.29, 0.717) is 4.47 Å². The molecule has 0 fully saturated rings. The summed E-state index contributed by atoms with van der Waals surface area (Å²) in [7, 11) is -2.20. The van der Waals surface area contributed by atoms with E-state index in [9.17, 15) is 13.2 Å². The van der Waals surface area contributed by atoms with E-state index < -0.39 is 16.1 Å². The first-order valence-electron chi connectivity index (χ1n) is 5.12. The summed E-state index contributed by atoms with van der Waals surface area (Å²) in [5.74, 6) is 0.214. The van der Waals surface area contributed by atoms with Crippen LogP contribution in [-0.2, 0) is 14.8 Å². The summed E-state index contributed by atoms with van der Waals surface area (Å²) in [4.78, 5) is 14.3. The number of nitrogens with zero attached hydrogens (tertiary/aromatic N) is 1. The van der Waals surface area contributed by atoms with Crippen LogP contribution in [0, 0.1) is 0 Å². The number of amides is 1. The summed E-state index contributed by atoms with van der Waals surface area (Å²) in [6.45, 7) is -0.230. The average molecular weight is 353 g/mol. The molecule has 1 aromatic heterocycles. The smallest absolute Gasteiger partial charge is 0.404 e. The molecule has 0 bridgehead atoms. The van der Waals surface area contributed by atoms with Crippen LogP contribution in [0.25, 0.3) is 0 Å². The van der Waals surface area contributed by atoms with Gasteiger partial charge in [-0.05, 0) is 22.0 Å². The van der Waals surface area contributed by atoms with Crippen molar-refractivity contribution in [3.63, 3.8) is 0 Å². The van der Waals surface area contributed by atoms with Crippen molar-refractivity contribution < 1.29 is 17.9 Å². The van der Waals surface area contributed by atoms with Crippen molar-refractivity contribution in [2.45, 2.75) is 4.90 Å². The molecule has 0 aliphatic rings. The summed E-state index contributed by atoms with van der Waals surface area (Å²) in [5.41, 5.74) is 4.75. The lowest BCUT2D eigenvalue weighted by Gasteiger charge is -2.10. The molecule has 1 amide bonds. The minimum atomic E-state index is -3.76. The number of nitrogens with one attached hydrogen (secondary N) is 2. The van der Waals surface area contributed by atoms with Crippen LogP contribution in [0.4, 0.5) is 10.6 Å². The molecule has 4 N–H and O–H groups in total. The number of aromatic nitrogens is 1.